The number of amides is 1. The minimum absolute atomic E-state index is 0.0643. The number of aromatic nitrogens is 3. The van der Waals surface area contributed by atoms with Crippen molar-refractivity contribution in [1.82, 2.24) is 19.9 Å². The zero-order chi connectivity index (χ0) is 17.4. The Balaban J connectivity index is 1.55. The van der Waals surface area contributed by atoms with E-state index in [1.807, 2.05) is 43.0 Å². The average Bonchev–Trinajstić information content (AvgIpc) is 3.24. The number of rotatable bonds is 3. The molecule has 0 radical (unpaired) electrons. The van der Waals surface area contributed by atoms with Gasteiger partial charge in [0.25, 0.3) is 5.91 Å². The number of piperidine rings is 1. The number of carbonyl (C=O) groups excluding carboxylic acids is 1. The second-order valence-corrected chi connectivity index (χ2v) is 6.61. The van der Waals surface area contributed by atoms with Crippen molar-refractivity contribution >= 4 is 16.9 Å². The quantitative estimate of drug-likeness (QED) is 0.794. The van der Waals surface area contributed by atoms with Gasteiger partial charge in [0.2, 0.25) is 5.76 Å². The first kappa shape index (κ1) is 15.9. The largest absolute Gasteiger partial charge is 0.435 e. The standard InChI is InChI=1S/C19H22N4O2/c1-3-16-20-12(2)17(25-16)19(24)23-10-6-7-13(11-23)18-21-14-8-4-5-9-15(14)22-18/h4-5,8-9,13H,3,6-7,10-11H2,1-2H3,(H,21,22). The van der Waals surface area contributed by atoms with Gasteiger partial charge < -0.3 is 14.3 Å². The molecule has 3 aromatic rings. The molecule has 6 nitrogen and oxygen atoms in total. The molecule has 1 aromatic carbocycles. The number of hydrogen-bond acceptors (Lipinski definition) is 4. The lowest BCUT2D eigenvalue weighted by atomic mass is 9.97. The number of carbonyl (C=O) groups is 1. The molecule has 1 unspecified atom stereocenters. The first-order chi connectivity index (χ1) is 12.2. The van der Waals surface area contributed by atoms with Crippen LogP contribution in [-0.2, 0) is 6.42 Å². The zero-order valence-electron chi connectivity index (χ0n) is 14.6. The van der Waals surface area contributed by atoms with E-state index in [2.05, 4.69) is 9.97 Å². The van der Waals surface area contributed by atoms with Crippen LogP contribution < -0.4 is 0 Å². The van der Waals surface area contributed by atoms with E-state index in [9.17, 15) is 4.79 Å². The maximum Gasteiger partial charge on any atom is 0.291 e. The molecule has 4 rings (SSSR count). The van der Waals surface area contributed by atoms with Gasteiger partial charge in [0.1, 0.15) is 5.82 Å². The van der Waals surface area contributed by atoms with Gasteiger partial charge in [-0.1, -0.05) is 19.1 Å². The molecule has 1 N–H and O–H groups in total. The van der Waals surface area contributed by atoms with Gasteiger partial charge >= 0.3 is 0 Å². The van der Waals surface area contributed by atoms with Crippen LogP contribution in [0.1, 0.15) is 53.6 Å². The van der Waals surface area contributed by atoms with Crippen molar-refractivity contribution in [2.24, 2.45) is 0 Å². The average molecular weight is 338 g/mol. The van der Waals surface area contributed by atoms with Crippen LogP contribution in [0.15, 0.2) is 28.7 Å². The van der Waals surface area contributed by atoms with Gasteiger partial charge in [-0.3, -0.25) is 4.79 Å². The van der Waals surface area contributed by atoms with Crippen molar-refractivity contribution in [3.05, 3.63) is 47.4 Å². The summed E-state index contributed by atoms with van der Waals surface area (Å²) in [5.41, 5.74) is 2.69. The Hall–Kier alpha value is -2.63. The summed E-state index contributed by atoms with van der Waals surface area (Å²) < 4.78 is 5.64. The lowest BCUT2D eigenvalue weighted by molar-refractivity contribution is 0.0670. The van der Waals surface area contributed by atoms with Crippen LogP contribution in [0, 0.1) is 6.92 Å². The molecule has 3 heterocycles. The van der Waals surface area contributed by atoms with Gasteiger partial charge in [-0.05, 0) is 31.9 Å². The monoisotopic (exact) mass is 338 g/mol. The Labute approximate surface area is 146 Å². The highest BCUT2D eigenvalue weighted by atomic mass is 16.4. The highest BCUT2D eigenvalue weighted by molar-refractivity contribution is 5.92. The van der Waals surface area contributed by atoms with Gasteiger partial charge in [-0.25, -0.2) is 9.97 Å². The lowest BCUT2D eigenvalue weighted by Crippen LogP contribution is -2.39. The predicted molar refractivity (Wildman–Crippen MR) is 94.6 cm³/mol. The number of benzene rings is 1. The maximum absolute atomic E-state index is 12.9. The number of aryl methyl sites for hydroxylation is 2. The third kappa shape index (κ3) is 2.92. The van der Waals surface area contributed by atoms with E-state index in [0.717, 1.165) is 36.2 Å². The van der Waals surface area contributed by atoms with Crippen LogP contribution in [0.5, 0.6) is 0 Å². The molecule has 2 aromatic heterocycles. The molecule has 1 atom stereocenters. The molecule has 1 amide bonds. The van der Waals surface area contributed by atoms with Crippen molar-refractivity contribution in [2.75, 3.05) is 13.1 Å². The Kier molecular flexibility index (Phi) is 4.03. The van der Waals surface area contributed by atoms with Crippen LogP contribution in [0.25, 0.3) is 11.0 Å². The first-order valence-corrected chi connectivity index (χ1v) is 8.86. The summed E-state index contributed by atoms with van der Waals surface area (Å²) in [4.78, 5) is 27.2. The normalized spacial score (nSPS) is 18.0. The number of aromatic amines is 1. The Bertz CT molecular complexity index is 878. The summed E-state index contributed by atoms with van der Waals surface area (Å²) in [6.07, 6.45) is 2.68. The van der Waals surface area contributed by atoms with Crippen LogP contribution in [0.2, 0.25) is 0 Å². The van der Waals surface area contributed by atoms with Crippen LogP contribution >= 0.6 is 0 Å². The number of fused-ring (bicyclic) bond motifs is 1. The molecular formula is C19H22N4O2. The second-order valence-electron chi connectivity index (χ2n) is 6.61. The van der Waals surface area contributed by atoms with E-state index in [1.165, 1.54) is 0 Å². The molecule has 0 aliphatic carbocycles. The van der Waals surface area contributed by atoms with Crippen LogP contribution in [-0.4, -0.2) is 38.8 Å². The SMILES string of the molecule is CCc1nc(C)c(C(=O)N2CCCC(c3nc4ccccc4[nH]3)C2)o1. The van der Waals surface area contributed by atoms with E-state index < -0.39 is 0 Å². The third-order valence-electron chi connectivity index (χ3n) is 4.84. The van der Waals surface area contributed by atoms with Crippen molar-refractivity contribution < 1.29 is 9.21 Å². The molecule has 0 spiro atoms. The Morgan fingerprint density at radius 1 is 1.36 bits per heavy atom. The summed E-state index contributed by atoms with van der Waals surface area (Å²) >= 11 is 0. The van der Waals surface area contributed by atoms with E-state index >= 15 is 0 Å². The number of para-hydroxylation sites is 2. The van der Waals surface area contributed by atoms with Crippen molar-refractivity contribution in [3.63, 3.8) is 0 Å². The second kappa shape index (κ2) is 6.35. The van der Waals surface area contributed by atoms with Gasteiger partial charge in [-0.2, -0.15) is 0 Å². The summed E-state index contributed by atoms with van der Waals surface area (Å²) in [7, 11) is 0. The van der Waals surface area contributed by atoms with E-state index in [4.69, 9.17) is 9.40 Å². The molecular weight excluding hydrogens is 316 g/mol. The van der Waals surface area contributed by atoms with Gasteiger partial charge in [-0.15, -0.1) is 0 Å². The number of oxazole rings is 1. The number of hydrogen-bond donors (Lipinski definition) is 1. The smallest absolute Gasteiger partial charge is 0.291 e. The fraction of sp³-hybridized carbons (Fsp3) is 0.421. The number of imidazole rings is 1. The summed E-state index contributed by atoms with van der Waals surface area (Å²) in [6, 6.07) is 8.02. The number of H-pyrrole nitrogens is 1. The topological polar surface area (TPSA) is 75.0 Å². The zero-order valence-corrected chi connectivity index (χ0v) is 14.6. The number of nitrogens with zero attached hydrogens (tertiary/aromatic N) is 3. The summed E-state index contributed by atoms with van der Waals surface area (Å²) in [6.45, 7) is 5.20. The van der Waals surface area contributed by atoms with Crippen molar-refractivity contribution in [2.45, 2.75) is 39.0 Å². The van der Waals surface area contributed by atoms with Gasteiger partial charge in [0.05, 0.1) is 16.7 Å². The Morgan fingerprint density at radius 3 is 2.96 bits per heavy atom. The fourth-order valence-corrected chi connectivity index (χ4v) is 3.50. The third-order valence-corrected chi connectivity index (χ3v) is 4.84. The van der Waals surface area contributed by atoms with Gasteiger partial charge in [0, 0.05) is 25.4 Å². The van der Waals surface area contributed by atoms with Crippen molar-refractivity contribution in [1.29, 1.82) is 0 Å². The summed E-state index contributed by atoms with van der Waals surface area (Å²) in [5.74, 6) is 2.11. The van der Waals surface area contributed by atoms with Crippen molar-refractivity contribution in [3.8, 4) is 0 Å². The molecule has 1 saturated heterocycles. The molecule has 1 aliphatic heterocycles. The lowest BCUT2D eigenvalue weighted by Gasteiger charge is -2.31. The molecule has 0 bridgehead atoms. The highest BCUT2D eigenvalue weighted by Crippen LogP contribution is 2.28. The van der Waals surface area contributed by atoms with E-state index in [0.29, 0.717) is 30.3 Å². The fourth-order valence-electron chi connectivity index (χ4n) is 3.50. The predicted octanol–water partition coefficient (Wildman–Crippen LogP) is 3.44. The van der Waals surface area contributed by atoms with E-state index in [1.54, 1.807) is 0 Å². The van der Waals surface area contributed by atoms with Crippen LogP contribution in [0.3, 0.4) is 0 Å². The number of nitrogens with one attached hydrogen (secondary N) is 1. The van der Waals surface area contributed by atoms with Crippen LogP contribution in [0.4, 0.5) is 0 Å². The minimum atomic E-state index is -0.0643. The molecule has 1 aliphatic rings. The maximum atomic E-state index is 12.9. The summed E-state index contributed by atoms with van der Waals surface area (Å²) in [5, 5.41) is 0. The highest BCUT2D eigenvalue weighted by Gasteiger charge is 2.30. The molecule has 0 saturated carbocycles. The molecule has 130 valence electrons. The molecule has 25 heavy (non-hydrogen) atoms. The minimum Gasteiger partial charge on any atom is -0.435 e. The molecule has 6 heteroatoms. The molecule has 1 fully saturated rings. The Morgan fingerprint density at radius 2 is 2.20 bits per heavy atom. The van der Waals surface area contributed by atoms with Gasteiger partial charge in [0.15, 0.2) is 5.89 Å². The first-order valence-electron chi connectivity index (χ1n) is 8.86. The van der Waals surface area contributed by atoms with E-state index in [-0.39, 0.29) is 11.8 Å². The number of likely N-dealkylation sites (tertiary alicyclic amines) is 1.